The summed E-state index contributed by atoms with van der Waals surface area (Å²) in [6, 6.07) is 2.53. The molecule has 0 aliphatic heterocycles. The fourth-order valence-corrected chi connectivity index (χ4v) is 3.41. The van der Waals surface area contributed by atoms with Gasteiger partial charge in [-0.15, -0.1) is 0 Å². The number of aliphatic hydroxyl groups excluding tert-OH is 1. The monoisotopic (exact) mass is 256 g/mol. The molecule has 0 radical (unpaired) electrons. The van der Waals surface area contributed by atoms with Gasteiger partial charge in [-0.3, -0.25) is 5.32 Å². The smallest absolute Gasteiger partial charge is 0.109 e. The van der Waals surface area contributed by atoms with Gasteiger partial charge in [-0.1, -0.05) is 13.3 Å². The second-order valence-electron chi connectivity index (χ2n) is 4.72. The van der Waals surface area contributed by atoms with Crippen LogP contribution in [0, 0.1) is 17.2 Å². The second-order valence-corrected chi connectivity index (χ2v) is 5.95. The van der Waals surface area contributed by atoms with Crippen LogP contribution >= 0.6 is 11.8 Å². The number of hydrogen-bond donors (Lipinski definition) is 2. The van der Waals surface area contributed by atoms with Crippen molar-refractivity contribution in [1.29, 1.82) is 5.26 Å². The quantitative estimate of drug-likeness (QED) is 0.654. The predicted molar refractivity (Wildman–Crippen MR) is 73.0 cm³/mol. The van der Waals surface area contributed by atoms with E-state index in [2.05, 4.69) is 18.3 Å². The molecule has 1 fully saturated rings. The fraction of sp³-hybridized carbons (Fsp3) is 0.923. The van der Waals surface area contributed by atoms with Gasteiger partial charge in [-0.25, -0.2) is 0 Å². The first kappa shape index (κ1) is 14.8. The predicted octanol–water partition coefficient (Wildman–Crippen LogP) is 2.16. The Morgan fingerprint density at radius 1 is 1.53 bits per heavy atom. The van der Waals surface area contributed by atoms with Crippen molar-refractivity contribution in [2.75, 3.05) is 24.7 Å². The Morgan fingerprint density at radius 2 is 2.35 bits per heavy atom. The van der Waals surface area contributed by atoms with E-state index in [1.807, 2.05) is 0 Å². The molecule has 2 unspecified atom stereocenters. The molecule has 0 bridgehead atoms. The molecule has 1 aliphatic carbocycles. The summed E-state index contributed by atoms with van der Waals surface area (Å²) in [6.07, 6.45) is 5.51. The minimum Gasteiger partial charge on any atom is -0.396 e. The van der Waals surface area contributed by atoms with E-state index < -0.39 is 0 Å². The van der Waals surface area contributed by atoms with E-state index in [0.29, 0.717) is 5.92 Å². The lowest BCUT2D eigenvalue weighted by molar-refractivity contribution is 0.311. The minimum absolute atomic E-state index is 0.257. The van der Waals surface area contributed by atoms with Crippen LogP contribution in [0.25, 0.3) is 0 Å². The zero-order chi connectivity index (χ0) is 12.6. The largest absolute Gasteiger partial charge is 0.396 e. The molecule has 0 aromatic heterocycles. The summed E-state index contributed by atoms with van der Waals surface area (Å²) < 4.78 is 0. The van der Waals surface area contributed by atoms with E-state index in [1.54, 1.807) is 11.8 Å². The summed E-state index contributed by atoms with van der Waals surface area (Å²) >= 11 is 1.79. The highest BCUT2D eigenvalue weighted by atomic mass is 32.2. The van der Waals surface area contributed by atoms with Gasteiger partial charge in [0, 0.05) is 5.75 Å². The van der Waals surface area contributed by atoms with Crippen molar-refractivity contribution < 1.29 is 5.11 Å². The number of nitrogens with one attached hydrogen (secondary N) is 1. The third-order valence-electron chi connectivity index (χ3n) is 3.56. The number of hydrogen-bond acceptors (Lipinski definition) is 4. The zero-order valence-electron chi connectivity index (χ0n) is 10.7. The maximum Gasteiger partial charge on any atom is 0.109 e. The van der Waals surface area contributed by atoms with Crippen LogP contribution in [0.15, 0.2) is 0 Å². The van der Waals surface area contributed by atoms with Gasteiger partial charge in [0.2, 0.25) is 0 Å². The van der Waals surface area contributed by atoms with Crippen molar-refractivity contribution in [2.45, 2.75) is 44.6 Å². The van der Waals surface area contributed by atoms with E-state index in [0.717, 1.165) is 37.3 Å². The summed E-state index contributed by atoms with van der Waals surface area (Å²) in [4.78, 5) is 0. The summed E-state index contributed by atoms with van der Waals surface area (Å²) in [6.45, 7) is 3.33. The SMILES string of the molecule is CCCNC1(C#N)CCCC1CCSCCO. The number of nitrogens with zero attached hydrogens (tertiary/aromatic N) is 1. The van der Waals surface area contributed by atoms with Gasteiger partial charge in [0.1, 0.15) is 5.54 Å². The summed E-state index contributed by atoms with van der Waals surface area (Å²) in [5.74, 6) is 2.36. The molecule has 0 spiro atoms. The van der Waals surface area contributed by atoms with Crippen molar-refractivity contribution >= 4 is 11.8 Å². The zero-order valence-corrected chi connectivity index (χ0v) is 11.6. The van der Waals surface area contributed by atoms with E-state index in [1.165, 1.54) is 12.8 Å². The molecule has 98 valence electrons. The first-order valence-electron chi connectivity index (χ1n) is 6.64. The molecule has 0 aromatic carbocycles. The highest BCUT2D eigenvalue weighted by Crippen LogP contribution is 2.38. The first-order chi connectivity index (χ1) is 8.29. The third-order valence-corrected chi connectivity index (χ3v) is 4.55. The molecule has 2 N–H and O–H groups in total. The third kappa shape index (κ3) is 4.17. The van der Waals surface area contributed by atoms with Crippen LogP contribution < -0.4 is 5.32 Å². The van der Waals surface area contributed by atoms with E-state index in [9.17, 15) is 5.26 Å². The number of thioether (sulfide) groups is 1. The van der Waals surface area contributed by atoms with Crippen LogP contribution in [0.3, 0.4) is 0 Å². The summed E-state index contributed by atoms with van der Waals surface area (Å²) in [7, 11) is 0. The lowest BCUT2D eigenvalue weighted by Crippen LogP contribution is -2.47. The summed E-state index contributed by atoms with van der Waals surface area (Å²) in [5, 5.41) is 21.7. The van der Waals surface area contributed by atoms with E-state index in [4.69, 9.17) is 5.11 Å². The molecular formula is C13H24N2OS. The lowest BCUT2D eigenvalue weighted by atomic mass is 9.86. The Hall–Kier alpha value is -0.240. The summed E-state index contributed by atoms with van der Waals surface area (Å²) in [5.41, 5.74) is -0.268. The molecule has 1 aliphatic rings. The van der Waals surface area contributed by atoms with Gasteiger partial charge in [0.25, 0.3) is 0 Å². The highest BCUT2D eigenvalue weighted by molar-refractivity contribution is 7.99. The van der Waals surface area contributed by atoms with Gasteiger partial charge in [0.15, 0.2) is 0 Å². The van der Waals surface area contributed by atoms with Crippen LogP contribution in [-0.2, 0) is 0 Å². The van der Waals surface area contributed by atoms with Crippen LogP contribution in [0.5, 0.6) is 0 Å². The maximum absolute atomic E-state index is 9.46. The van der Waals surface area contributed by atoms with Crippen molar-refractivity contribution in [3.05, 3.63) is 0 Å². The molecule has 3 nitrogen and oxygen atoms in total. The number of rotatable bonds is 8. The van der Waals surface area contributed by atoms with Crippen LogP contribution in [0.2, 0.25) is 0 Å². The Kier molecular flexibility index (Phi) is 6.94. The maximum atomic E-state index is 9.46. The van der Waals surface area contributed by atoms with Crippen molar-refractivity contribution in [3.8, 4) is 6.07 Å². The van der Waals surface area contributed by atoms with Gasteiger partial charge in [0.05, 0.1) is 12.7 Å². The fourth-order valence-electron chi connectivity index (χ4n) is 2.63. The Labute approximate surface area is 109 Å². The van der Waals surface area contributed by atoms with Gasteiger partial charge >= 0.3 is 0 Å². The molecule has 1 saturated carbocycles. The molecule has 0 aromatic rings. The van der Waals surface area contributed by atoms with Crippen LogP contribution in [-0.4, -0.2) is 35.3 Å². The molecule has 1 rings (SSSR count). The van der Waals surface area contributed by atoms with Crippen molar-refractivity contribution in [3.63, 3.8) is 0 Å². The number of aliphatic hydroxyl groups is 1. The Morgan fingerprint density at radius 3 is 3.00 bits per heavy atom. The standard InChI is InChI=1S/C13H24N2OS/c1-2-7-15-13(11-14)6-3-4-12(13)5-9-17-10-8-16/h12,15-16H,2-10H2,1H3. The average Bonchev–Trinajstić information content (AvgIpc) is 2.76. The van der Waals surface area contributed by atoms with Gasteiger partial charge < -0.3 is 5.11 Å². The average molecular weight is 256 g/mol. The molecule has 17 heavy (non-hydrogen) atoms. The molecular weight excluding hydrogens is 232 g/mol. The highest BCUT2D eigenvalue weighted by Gasteiger charge is 2.42. The van der Waals surface area contributed by atoms with Gasteiger partial charge in [-0.2, -0.15) is 17.0 Å². The van der Waals surface area contributed by atoms with Crippen LogP contribution in [0.4, 0.5) is 0 Å². The van der Waals surface area contributed by atoms with Crippen molar-refractivity contribution in [2.24, 2.45) is 5.92 Å². The molecule has 0 amide bonds. The van der Waals surface area contributed by atoms with Gasteiger partial charge in [-0.05, 0) is 43.9 Å². The lowest BCUT2D eigenvalue weighted by Gasteiger charge is -2.30. The minimum atomic E-state index is -0.268. The first-order valence-corrected chi connectivity index (χ1v) is 7.79. The second kappa shape index (κ2) is 7.97. The topological polar surface area (TPSA) is 56.0 Å². The van der Waals surface area contributed by atoms with E-state index >= 15 is 0 Å². The Balaban J connectivity index is 2.42. The van der Waals surface area contributed by atoms with Crippen LogP contribution in [0.1, 0.15) is 39.0 Å². The van der Waals surface area contributed by atoms with E-state index in [-0.39, 0.29) is 12.1 Å². The van der Waals surface area contributed by atoms with Crippen molar-refractivity contribution in [1.82, 2.24) is 5.32 Å². The molecule has 4 heteroatoms. The molecule has 2 atom stereocenters. The Bertz CT molecular complexity index is 254. The normalized spacial score (nSPS) is 28.2. The molecule has 0 saturated heterocycles. The molecule has 0 heterocycles. The number of nitriles is 1.